The van der Waals surface area contributed by atoms with Crippen molar-refractivity contribution in [1.82, 2.24) is 9.47 Å². The number of likely N-dealkylation sites (tertiary alicyclic amines) is 1. The fourth-order valence-corrected chi connectivity index (χ4v) is 8.03. The molecule has 9 nitrogen and oxygen atoms in total. The van der Waals surface area contributed by atoms with Crippen molar-refractivity contribution in [3.63, 3.8) is 0 Å². The molecule has 1 aliphatic carbocycles. The molecule has 2 saturated heterocycles. The largest absolute Gasteiger partial charge is 0.495 e. The second-order valence-corrected chi connectivity index (χ2v) is 14.7. The molecule has 6 rings (SSSR count). The second kappa shape index (κ2) is 13.2. The van der Waals surface area contributed by atoms with E-state index >= 15 is 0 Å². The molecule has 0 amide bonds. The summed E-state index contributed by atoms with van der Waals surface area (Å²) in [4.78, 5) is 4.79. The van der Waals surface area contributed by atoms with Crippen LogP contribution in [0, 0.1) is 17.3 Å². The van der Waals surface area contributed by atoms with Gasteiger partial charge in [-0.15, -0.1) is 0 Å². The van der Waals surface area contributed by atoms with Gasteiger partial charge in [0.05, 0.1) is 35.4 Å². The van der Waals surface area contributed by atoms with E-state index in [0.717, 1.165) is 62.8 Å². The van der Waals surface area contributed by atoms with Gasteiger partial charge in [0.2, 0.25) is 10.0 Å². The topological polar surface area (TPSA) is 102 Å². The number of anilines is 2. The van der Waals surface area contributed by atoms with Gasteiger partial charge >= 0.3 is 6.18 Å². The van der Waals surface area contributed by atoms with Gasteiger partial charge in [0.1, 0.15) is 12.3 Å². The number of ether oxygens (including phenoxy) is 2. The van der Waals surface area contributed by atoms with Crippen LogP contribution in [-0.4, -0.2) is 83.2 Å². The summed E-state index contributed by atoms with van der Waals surface area (Å²) in [6, 6.07) is 12.3. The van der Waals surface area contributed by atoms with Gasteiger partial charge in [-0.3, -0.25) is 4.90 Å². The highest BCUT2D eigenvalue weighted by Gasteiger charge is 2.46. The van der Waals surface area contributed by atoms with E-state index in [-0.39, 0.29) is 22.9 Å². The SMILES string of the molecule is COc1cc(S(N)(=O)=O)ccc1NCC#Cc1cc2c(N(C)C3CCC(N4CC5(CCOCC5)C4)CC3)cccc2n1CC(F)(F)F. The molecule has 3 N–H and O–H groups in total. The minimum Gasteiger partial charge on any atom is -0.495 e. The number of primary sulfonamides is 1. The summed E-state index contributed by atoms with van der Waals surface area (Å²) in [6.07, 6.45) is 2.20. The van der Waals surface area contributed by atoms with E-state index in [2.05, 4.69) is 27.0 Å². The maximum absolute atomic E-state index is 13.8. The number of hydrogen-bond acceptors (Lipinski definition) is 7. The van der Waals surface area contributed by atoms with Gasteiger partial charge in [-0.05, 0) is 74.8 Å². The molecule has 0 radical (unpaired) electrons. The number of nitrogens with two attached hydrogens (primary N) is 1. The number of fused-ring (bicyclic) bond motifs is 1. The summed E-state index contributed by atoms with van der Waals surface area (Å²) in [5, 5.41) is 8.99. The van der Waals surface area contributed by atoms with Crippen LogP contribution in [0.25, 0.3) is 10.9 Å². The minimum atomic E-state index is -4.43. The van der Waals surface area contributed by atoms with E-state index < -0.39 is 22.7 Å². The Hall–Kier alpha value is -3.44. The Labute approximate surface area is 274 Å². The third kappa shape index (κ3) is 7.36. The molecular formula is C34H42F3N5O4S. The average Bonchev–Trinajstić information content (AvgIpc) is 3.37. The Bertz CT molecular complexity index is 1760. The summed E-state index contributed by atoms with van der Waals surface area (Å²) in [5.74, 6) is 6.10. The van der Waals surface area contributed by atoms with Crippen molar-refractivity contribution >= 4 is 32.3 Å². The monoisotopic (exact) mass is 673 g/mol. The van der Waals surface area contributed by atoms with E-state index in [1.54, 1.807) is 12.1 Å². The smallest absolute Gasteiger partial charge is 0.406 e. The van der Waals surface area contributed by atoms with Crippen LogP contribution in [0.1, 0.15) is 44.2 Å². The van der Waals surface area contributed by atoms with Crippen LogP contribution in [0.3, 0.4) is 0 Å². The summed E-state index contributed by atoms with van der Waals surface area (Å²) >= 11 is 0. The first-order valence-corrected chi connectivity index (χ1v) is 17.6. The van der Waals surface area contributed by atoms with Crippen LogP contribution >= 0.6 is 0 Å². The van der Waals surface area contributed by atoms with Crippen LogP contribution in [0.4, 0.5) is 24.5 Å². The number of nitrogens with zero attached hydrogens (tertiary/aromatic N) is 3. The van der Waals surface area contributed by atoms with Crippen molar-refractivity contribution in [2.45, 2.75) is 68.2 Å². The number of benzene rings is 2. The number of hydrogen-bond donors (Lipinski definition) is 2. The molecule has 0 unspecified atom stereocenters. The van der Waals surface area contributed by atoms with Crippen LogP contribution in [0.2, 0.25) is 0 Å². The Morgan fingerprint density at radius 1 is 1.11 bits per heavy atom. The molecule has 2 aliphatic heterocycles. The molecule has 13 heteroatoms. The highest BCUT2D eigenvalue weighted by Crippen LogP contribution is 2.43. The number of methoxy groups -OCH3 is 1. The van der Waals surface area contributed by atoms with Crippen molar-refractivity contribution in [3.8, 4) is 17.6 Å². The van der Waals surface area contributed by atoms with Gasteiger partial charge in [-0.1, -0.05) is 12.0 Å². The lowest BCUT2D eigenvalue weighted by molar-refractivity contribution is -0.140. The number of sulfonamides is 1. The normalized spacial score (nSPS) is 21.6. The lowest BCUT2D eigenvalue weighted by atomic mass is 9.71. The maximum Gasteiger partial charge on any atom is 0.406 e. The van der Waals surface area contributed by atoms with E-state index in [9.17, 15) is 21.6 Å². The van der Waals surface area contributed by atoms with Crippen molar-refractivity contribution in [1.29, 1.82) is 0 Å². The fraction of sp³-hybridized carbons (Fsp3) is 0.529. The molecule has 3 aromatic rings. The number of alkyl halides is 3. The molecule has 1 saturated carbocycles. The van der Waals surface area contributed by atoms with Gasteiger partial charge in [0.25, 0.3) is 0 Å². The van der Waals surface area contributed by atoms with Crippen LogP contribution in [0.5, 0.6) is 5.75 Å². The average molecular weight is 674 g/mol. The van der Waals surface area contributed by atoms with Gasteiger partial charge in [-0.25, -0.2) is 13.6 Å². The van der Waals surface area contributed by atoms with Gasteiger partial charge in [0, 0.05) is 68.0 Å². The minimum absolute atomic E-state index is 0.0839. The first-order chi connectivity index (χ1) is 22.4. The van der Waals surface area contributed by atoms with E-state index in [0.29, 0.717) is 28.7 Å². The molecule has 0 atom stereocenters. The van der Waals surface area contributed by atoms with Crippen molar-refractivity contribution in [2.24, 2.45) is 10.6 Å². The zero-order chi connectivity index (χ0) is 33.4. The number of rotatable bonds is 8. The van der Waals surface area contributed by atoms with Gasteiger partial charge in [-0.2, -0.15) is 13.2 Å². The predicted octanol–water partition coefficient (Wildman–Crippen LogP) is 5.18. The number of halogens is 3. The molecule has 2 aromatic carbocycles. The molecule has 3 fully saturated rings. The summed E-state index contributed by atoms with van der Waals surface area (Å²) in [7, 11) is -0.473. The van der Waals surface area contributed by atoms with Crippen LogP contribution < -0.4 is 20.1 Å². The quantitative estimate of drug-likeness (QED) is 0.318. The standard InChI is InChI=1S/C34H42F3N5O4S/c1-40(24-8-10-25(11-9-24)41-21-33(22-41)14-17-46-18-15-33)30-6-3-7-31-28(30)19-26(42(31)23-34(35,36)37)5-4-16-39-29-13-12-27(47(38,43)44)20-32(29)45-2/h3,6-7,12-13,19-20,24-25,39H,8-11,14-18,21-23H2,1-2H3,(H2,38,43,44). The van der Waals surface area contributed by atoms with Gasteiger partial charge in [0.15, 0.2) is 0 Å². The molecule has 254 valence electrons. The van der Waals surface area contributed by atoms with E-state index in [4.69, 9.17) is 14.6 Å². The molecular weight excluding hydrogens is 631 g/mol. The molecule has 3 heterocycles. The molecule has 1 aromatic heterocycles. The first kappa shape index (κ1) is 33.5. The summed E-state index contributed by atoms with van der Waals surface area (Å²) < 4.78 is 76.8. The zero-order valence-electron chi connectivity index (χ0n) is 26.8. The summed E-state index contributed by atoms with van der Waals surface area (Å²) in [5.41, 5.74) is 2.58. The van der Waals surface area contributed by atoms with Crippen LogP contribution in [0.15, 0.2) is 47.4 Å². The first-order valence-electron chi connectivity index (χ1n) is 16.0. The lowest BCUT2D eigenvalue weighted by Crippen LogP contribution is -2.62. The van der Waals surface area contributed by atoms with Crippen LogP contribution in [-0.2, 0) is 21.3 Å². The highest BCUT2D eigenvalue weighted by atomic mass is 32.2. The summed E-state index contributed by atoms with van der Waals surface area (Å²) in [6.45, 7) is 3.03. The second-order valence-electron chi connectivity index (χ2n) is 13.1. The van der Waals surface area contributed by atoms with E-state index in [1.807, 2.05) is 19.2 Å². The maximum atomic E-state index is 13.8. The van der Waals surface area contributed by atoms with Crippen molar-refractivity contribution in [2.75, 3.05) is 57.2 Å². The predicted molar refractivity (Wildman–Crippen MR) is 176 cm³/mol. The Morgan fingerprint density at radius 2 is 1.83 bits per heavy atom. The number of nitrogens with one attached hydrogen (secondary N) is 1. The zero-order valence-corrected chi connectivity index (χ0v) is 27.6. The third-order valence-corrected chi connectivity index (χ3v) is 11.0. The molecule has 1 spiro atoms. The van der Waals surface area contributed by atoms with Crippen molar-refractivity contribution in [3.05, 3.63) is 48.2 Å². The lowest BCUT2D eigenvalue weighted by Gasteiger charge is -2.56. The molecule has 3 aliphatic rings. The van der Waals surface area contributed by atoms with Crippen molar-refractivity contribution < 1.29 is 31.1 Å². The molecule has 0 bridgehead atoms. The highest BCUT2D eigenvalue weighted by molar-refractivity contribution is 7.89. The van der Waals surface area contributed by atoms with Gasteiger partial charge < -0.3 is 24.3 Å². The Morgan fingerprint density at radius 3 is 2.49 bits per heavy atom. The van der Waals surface area contributed by atoms with E-state index in [1.165, 1.54) is 43.0 Å². The Balaban J connectivity index is 1.17. The fourth-order valence-electron chi connectivity index (χ4n) is 7.50. The Kier molecular flexibility index (Phi) is 9.41. The number of aromatic nitrogens is 1. The third-order valence-electron chi connectivity index (χ3n) is 10.1. The molecule has 47 heavy (non-hydrogen) atoms.